The first-order valence-electron chi connectivity index (χ1n) is 8.09. The van der Waals surface area contributed by atoms with Crippen LogP contribution in [0.5, 0.6) is 0 Å². The van der Waals surface area contributed by atoms with Gasteiger partial charge in [0.25, 0.3) is 0 Å². The van der Waals surface area contributed by atoms with Crippen LogP contribution in [-0.4, -0.2) is 0 Å². The highest BCUT2D eigenvalue weighted by molar-refractivity contribution is 7.97. The average molecular weight is 337 g/mol. The van der Waals surface area contributed by atoms with E-state index in [-0.39, 0.29) is 16.7 Å². The van der Waals surface area contributed by atoms with Crippen molar-refractivity contribution in [2.24, 2.45) is 0 Å². The third-order valence-electron chi connectivity index (χ3n) is 3.91. The van der Waals surface area contributed by atoms with Crippen LogP contribution >= 0.6 is 0 Å². The van der Waals surface area contributed by atoms with Crippen molar-refractivity contribution in [3.8, 4) is 0 Å². The molecule has 0 saturated heterocycles. The molecule has 0 nitrogen and oxygen atoms in total. The Kier molecular flexibility index (Phi) is 4.77. The zero-order valence-electron chi connectivity index (χ0n) is 14.6. The van der Waals surface area contributed by atoms with Gasteiger partial charge in [0.15, 0.2) is 14.7 Å². The quantitative estimate of drug-likeness (QED) is 0.502. The molecule has 0 N–H and O–H groups in total. The van der Waals surface area contributed by atoms with Gasteiger partial charge in [0, 0.05) is 0 Å². The summed E-state index contributed by atoms with van der Waals surface area (Å²) in [4.78, 5) is 3.71. The molecule has 3 aromatic rings. The molecule has 0 spiro atoms. The summed E-state index contributed by atoms with van der Waals surface area (Å²) >= 11 is 0. The molecule has 0 saturated carbocycles. The van der Waals surface area contributed by atoms with E-state index < -0.39 is 0 Å². The van der Waals surface area contributed by atoms with Gasteiger partial charge in [-0.25, -0.2) is 4.39 Å². The van der Waals surface area contributed by atoms with Crippen molar-refractivity contribution in [2.45, 2.75) is 42.4 Å². The molecule has 0 aliphatic rings. The van der Waals surface area contributed by atoms with E-state index in [0.717, 1.165) is 4.90 Å². The van der Waals surface area contributed by atoms with Gasteiger partial charge >= 0.3 is 0 Å². The Balaban J connectivity index is 2.21. The fraction of sp³-hybridized carbons (Fsp3) is 0.182. The Bertz CT molecular complexity index is 774. The van der Waals surface area contributed by atoms with Crippen LogP contribution in [0.4, 0.5) is 4.39 Å². The Morgan fingerprint density at radius 3 is 1.29 bits per heavy atom. The predicted octanol–water partition coefficient (Wildman–Crippen LogP) is 6.15. The molecule has 0 aliphatic carbocycles. The maximum Gasteiger partial charge on any atom is 0.167 e. The standard InChI is InChI=1S/C22H22FS/c1-15-9-16(2)12-21(11-15)24(20-7-5-19(23)6-8-20)22-13-17(3)10-18(4)14-22/h5-14H,1-4H3/q+1. The second kappa shape index (κ2) is 6.82. The minimum atomic E-state index is -0.231. The van der Waals surface area contributed by atoms with E-state index in [1.807, 2.05) is 12.1 Å². The van der Waals surface area contributed by atoms with Crippen LogP contribution in [0, 0.1) is 33.5 Å². The Morgan fingerprint density at radius 1 is 0.542 bits per heavy atom. The maximum absolute atomic E-state index is 13.4. The zero-order valence-corrected chi connectivity index (χ0v) is 15.4. The molecule has 0 unspecified atom stereocenters. The van der Waals surface area contributed by atoms with Gasteiger partial charge in [0.05, 0.1) is 10.9 Å². The number of hydrogen-bond donors (Lipinski definition) is 0. The Hall–Kier alpha value is -2.06. The van der Waals surface area contributed by atoms with E-state index in [1.165, 1.54) is 32.0 Å². The van der Waals surface area contributed by atoms with Crippen LogP contribution in [0.3, 0.4) is 0 Å². The minimum Gasteiger partial charge on any atom is -0.207 e. The molecule has 0 atom stereocenters. The lowest BCUT2D eigenvalue weighted by atomic mass is 10.2. The third kappa shape index (κ3) is 3.70. The molecule has 0 amide bonds. The number of hydrogen-bond acceptors (Lipinski definition) is 0. The van der Waals surface area contributed by atoms with E-state index in [4.69, 9.17) is 0 Å². The van der Waals surface area contributed by atoms with Crippen LogP contribution in [0.2, 0.25) is 0 Å². The van der Waals surface area contributed by atoms with Crippen molar-refractivity contribution in [3.63, 3.8) is 0 Å². The fourth-order valence-corrected chi connectivity index (χ4v) is 5.52. The second-order valence-electron chi connectivity index (χ2n) is 6.41. The number of aryl methyl sites for hydroxylation is 4. The summed E-state index contributed by atoms with van der Waals surface area (Å²) in [5.74, 6) is -0.192. The number of benzene rings is 3. The summed E-state index contributed by atoms with van der Waals surface area (Å²) in [6, 6.07) is 20.3. The molecule has 0 bridgehead atoms. The van der Waals surface area contributed by atoms with E-state index in [9.17, 15) is 4.39 Å². The molecule has 2 heteroatoms. The second-order valence-corrected chi connectivity index (χ2v) is 8.43. The molecule has 24 heavy (non-hydrogen) atoms. The lowest BCUT2D eigenvalue weighted by molar-refractivity contribution is 0.626. The molecule has 0 aromatic heterocycles. The van der Waals surface area contributed by atoms with Crippen molar-refractivity contribution < 1.29 is 4.39 Å². The maximum atomic E-state index is 13.4. The molecule has 0 aliphatic heterocycles. The highest BCUT2D eigenvalue weighted by atomic mass is 32.2. The minimum absolute atomic E-state index is 0.192. The summed E-state index contributed by atoms with van der Waals surface area (Å²) in [5.41, 5.74) is 5.03. The predicted molar refractivity (Wildman–Crippen MR) is 100 cm³/mol. The van der Waals surface area contributed by atoms with Gasteiger partial charge in [0.1, 0.15) is 5.82 Å². The van der Waals surface area contributed by atoms with Gasteiger partial charge < -0.3 is 0 Å². The van der Waals surface area contributed by atoms with Crippen molar-refractivity contribution in [2.75, 3.05) is 0 Å². The Morgan fingerprint density at radius 2 is 0.917 bits per heavy atom. The van der Waals surface area contributed by atoms with E-state index in [2.05, 4.69) is 64.1 Å². The Labute approximate surface area is 146 Å². The summed E-state index contributed by atoms with van der Waals surface area (Å²) in [6.07, 6.45) is 0. The smallest absolute Gasteiger partial charge is 0.167 e. The van der Waals surface area contributed by atoms with Gasteiger partial charge in [-0.1, -0.05) is 12.1 Å². The van der Waals surface area contributed by atoms with Gasteiger partial charge in [-0.3, -0.25) is 0 Å². The average Bonchev–Trinajstić information content (AvgIpc) is 2.47. The molecule has 0 heterocycles. The topological polar surface area (TPSA) is 0 Å². The SMILES string of the molecule is Cc1cc(C)cc([S+](c2ccc(F)cc2)c2cc(C)cc(C)c2)c1. The third-order valence-corrected chi connectivity index (χ3v) is 6.07. The van der Waals surface area contributed by atoms with Crippen LogP contribution in [0.15, 0.2) is 75.4 Å². The van der Waals surface area contributed by atoms with Crippen LogP contribution in [0.1, 0.15) is 22.3 Å². The summed E-state index contributed by atoms with van der Waals surface area (Å²) < 4.78 is 13.4. The zero-order chi connectivity index (χ0) is 17.3. The van der Waals surface area contributed by atoms with Crippen LogP contribution in [0.25, 0.3) is 0 Å². The molecule has 122 valence electrons. The lowest BCUT2D eigenvalue weighted by Gasteiger charge is -2.11. The highest BCUT2D eigenvalue weighted by Gasteiger charge is 2.29. The van der Waals surface area contributed by atoms with E-state index >= 15 is 0 Å². The van der Waals surface area contributed by atoms with Gasteiger partial charge in [-0.15, -0.1) is 0 Å². The number of rotatable bonds is 3. The largest absolute Gasteiger partial charge is 0.207 e. The lowest BCUT2D eigenvalue weighted by Crippen LogP contribution is -2.06. The highest BCUT2D eigenvalue weighted by Crippen LogP contribution is 2.33. The van der Waals surface area contributed by atoms with E-state index in [1.54, 1.807) is 12.1 Å². The van der Waals surface area contributed by atoms with Crippen molar-refractivity contribution >= 4 is 10.9 Å². The molecule has 0 fully saturated rings. The van der Waals surface area contributed by atoms with E-state index in [0.29, 0.717) is 0 Å². The fourth-order valence-electron chi connectivity index (χ4n) is 3.08. The number of halogens is 1. The van der Waals surface area contributed by atoms with Crippen molar-refractivity contribution in [1.29, 1.82) is 0 Å². The summed E-state index contributed by atoms with van der Waals surface area (Å²) in [7, 11) is -0.231. The van der Waals surface area contributed by atoms with Gasteiger partial charge in [0.2, 0.25) is 0 Å². The van der Waals surface area contributed by atoms with Gasteiger partial charge in [-0.2, -0.15) is 0 Å². The normalized spacial score (nSPS) is 11.1. The first-order valence-corrected chi connectivity index (χ1v) is 9.31. The van der Waals surface area contributed by atoms with Crippen molar-refractivity contribution in [3.05, 3.63) is 88.7 Å². The van der Waals surface area contributed by atoms with Crippen molar-refractivity contribution in [1.82, 2.24) is 0 Å². The van der Waals surface area contributed by atoms with Gasteiger partial charge in [-0.05, 0) is 98.5 Å². The molecule has 3 aromatic carbocycles. The molecule has 3 rings (SSSR count). The van der Waals surface area contributed by atoms with Crippen LogP contribution < -0.4 is 0 Å². The van der Waals surface area contributed by atoms with Crippen LogP contribution in [-0.2, 0) is 10.9 Å². The first kappa shape index (κ1) is 16.8. The first-order chi connectivity index (χ1) is 11.4. The summed E-state index contributed by atoms with van der Waals surface area (Å²) in [6.45, 7) is 8.52. The summed E-state index contributed by atoms with van der Waals surface area (Å²) in [5, 5.41) is 0. The molecule has 0 radical (unpaired) electrons. The molecular formula is C22H22FS+. The monoisotopic (exact) mass is 337 g/mol. The molecular weight excluding hydrogens is 315 g/mol.